The Balaban J connectivity index is 1.59. The highest BCUT2D eigenvalue weighted by Crippen LogP contribution is 2.22. The number of aromatic nitrogens is 2. The summed E-state index contributed by atoms with van der Waals surface area (Å²) in [5.74, 6) is 2.58. The van der Waals surface area contributed by atoms with Crippen LogP contribution in [0.25, 0.3) is 0 Å². The summed E-state index contributed by atoms with van der Waals surface area (Å²) in [5.41, 5.74) is 0.458. The van der Waals surface area contributed by atoms with Gasteiger partial charge in [0.25, 0.3) is 5.91 Å². The molecule has 6 heteroatoms. The van der Waals surface area contributed by atoms with Gasteiger partial charge in [-0.2, -0.15) is 11.8 Å². The Morgan fingerprint density at radius 1 is 1.14 bits per heavy atom. The van der Waals surface area contributed by atoms with E-state index in [4.69, 9.17) is 0 Å². The van der Waals surface area contributed by atoms with Crippen molar-refractivity contribution in [2.24, 2.45) is 0 Å². The van der Waals surface area contributed by atoms with Crippen LogP contribution in [0.3, 0.4) is 0 Å². The van der Waals surface area contributed by atoms with Crippen LogP contribution in [0.5, 0.6) is 0 Å². The predicted molar refractivity (Wildman–Crippen MR) is 84.5 cm³/mol. The molecule has 0 unspecified atom stereocenters. The first-order valence-electron chi connectivity index (χ1n) is 7.71. The Bertz CT molecular complexity index is 464. The summed E-state index contributed by atoms with van der Waals surface area (Å²) in [5, 5.41) is 0. The normalized spacial score (nSPS) is 22.0. The van der Waals surface area contributed by atoms with Crippen molar-refractivity contribution in [3.05, 3.63) is 24.3 Å². The fourth-order valence-corrected chi connectivity index (χ4v) is 4.21. The highest BCUT2D eigenvalue weighted by Gasteiger charge is 2.26. The maximum Gasteiger partial charge on any atom is 0.274 e. The van der Waals surface area contributed by atoms with Crippen molar-refractivity contribution in [1.29, 1.82) is 0 Å². The molecule has 5 nitrogen and oxygen atoms in total. The van der Waals surface area contributed by atoms with Gasteiger partial charge in [-0.3, -0.25) is 14.7 Å². The molecule has 0 saturated carbocycles. The molecule has 2 saturated heterocycles. The lowest BCUT2D eigenvalue weighted by Crippen LogP contribution is -2.41. The standard InChI is InChI=1S/C15H22N4OS/c20-15(14-12-16-4-5-17-14)19-7-1-6-18(8-9-19)13-2-10-21-11-3-13/h4-5,12-13H,1-3,6-11H2. The topological polar surface area (TPSA) is 49.3 Å². The fraction of sp³-hybridized carbons (Fsp3) is 0.667. The van der Waals surface area contributed by atoms with E-state index in [1.165, 1.54) is 24.3 Å². The van der Waals surface area contributed by atoms with E-state index >= 15 is 0 Å². The van der Waals surface area contributed by atoms with Crippen LogP contribution in [-0.4, -0.2) is 69.4 Å². The Kier molecular flexibility index (Phi) is 5.08. The minimum absolute atomic E-state index is 0.0177. The van der Waals surface area contributed by atoms with Crippen molar-refractivity contribution in [1.82, 2.24) is 19.8 Å². The number of rotatable bonds is 2. The molecule has 2 fully saturated rings. The van der Waals surface area contributed by atoms with Crippen molar-refractivity contribution in [2.45, 2.75) is 25.3 Å². The van der Waals surface area contributed by atoms with E-state index in [0.717, 1.165) is 38.6 Å². The minimum atomic E-state index is 0.0177. The van der Waals surface area contributed by atoms with Gasteiger partial charge < -0.3 is 4.90 Å². The summed E-state index contributed by atoms with van der Waals surface area (Å²) in [7, 11) is 0. The number of thioether (sulfide) groups is 1. The molecule has 1 amide bonds. The van der Waals surface area contributed by atoms with Crippen LogP contribution >= 0.6 is 11.8 Å². The third-order valence-electron chi connectivity index (χ3n) is 4.31. The largest absolute Gasteiger partial charge is 0.336 e. The summed E-state index contributed by atoms with van der Waals surface area (Å²) in [4.78, 5) is 25.1. The average Bonchev–Trinajstić information content (AvgIpc) is 2.82. The van der Waals surface area contributed by atoms with E-state index in [9.17, 15) is 4.79 Å². The Labute approximate surface area is 130 Å². The molecule has 0 atom stereocenters. The van der Waals surface area contributed by atoms with Crippen LogP contribution in [0.15, 0.2) is 18.6 Å². The fourth-order valence-electron chi connectivity index (χ4n) is 3.13. The van der Waals surface area contributed by atoms with Gasteiger partial charge in [-0.1, -0.05) is 0 Å². The first-order valence-corrected chi connectivity index (χ1v) is 8.87. The van der Waals surface area contributed by atoms with Gasteiger partial charge in [-0.05, 0) is 30.8 Å². The van der Waals surface area contributed by atoms with E-state index in [1.807, 2.05) is 4.90 Å². The third kappa shape index (κ3) is 3.74. The smallest absolute Gasteiger partial charge is 0.274 e. The monoisotopic (exact) mass is 306 g/mol. The van der Waals surface area contributed by atoms with Crippen molar-refractivity contribution in [3.63, 3.8) is 0 Å². The van der Waals surface area contributed by atoms with Gasteiger partial charge in [0.2, 0.25) is 0 Å². The second-order valence-corrected chi connectivity index (χ2v) is 6.84. The lowest BCUT2D eigenvalue weighted by Gasteiger charge is -2.33. The molecular weight excluding hydrogens is 284 g/mol. The molecule has 3 rings (SSSR count). The van der Waals surface area contributed by atoms with Crippen molar-refractivity contribution < 1.29 is 4.79 Å². The number of nitrogens with zero attached hydrogens (tertiary/aromatic N) is 4. The number of carbonyl (C=O) groups is 1. The lowest BCUT2D eigenvalue weighted by atomic mass is 10.1. The van der Waals surface area contributed by atoms with Crippen LogP contribution in [-0.2, 0) is 0 Å². The van der Waals surface area contributed by atoms with Gasteiger partial charge in [0.1, 0.15) is 5.69 Å². The van der Waals surface area contributed by atoms with Gasteiger partial charge in [-0.25, -0.2) is 4.98 Å². The van der Waals surface area contributed by atoms with E-state index in [-0.39, 0.29) is 5.91 Å². The zero-order valence-corrected chi connectivity index (χ0v) is 13.1. The molecule has 0 radical (unpaired) electrons. The predicted octanol–water partition coefficient (Wildman–Crippen LogP) is 1.52. The van der Waals surface area contributed by atoms with E-state index in [1.54, 1.807) is 18.6 Å². The molecule has 0 aliphatic carbocycles. The third-order valence-corrected chi connectivity index (χ3v) is 5.36. The van der Waals surface area contributed by atoms with Crippen LogP contribution in [0.2, 0.25) is 0 Å². The molecule has 3 heterocycles. The summed E-state index contributed by atoms with van der Waals surface area (Å²) >= 11 is 2.06. The second-order valence-electron chi connectivity index (χ2n) is 5.62. The zero-order chi connectivity index (χ0) is 14.5. The van der Waals surface area contributed by atoms with E-state index < -0.39 is 0 Å². The summed E-state index contributed by atoms with van der Waals surface area (Å²) in [6.45, 7) is 3.73. The molecule has 0 bridgehead atoms. The van der Waals surface area contributed by atoms with E-state index in [2.05, 4.69) is 26.6 Å². The van der Waals surface area contributed by atoms with Gasteiger partial charge >= 0.3 is 0 Å². The zero-order valence-electron chi connectivity index (χ0n) is 12.3. The number of hydrogen-bond acceptors (Lipinski definition) is 5. The van der Waals surface area contributed by atoms with Gasteiger partial charge in [-0.15, -0.1) is 0 Å². The molecule has 0 N–H and O–H groups in total. The molecule has 114 valence electrons. The Morgan fingerprint density at radius 3 is 2.76 bits per heavy atom. The van der Waals surface area contributed by atoms with Crippen LogP contribution in [0, 0.1) is 0 Å². The van der Waals surface area contributed by atoms with Gasteiger partial charge in [0.15, 0.2) is 0 Å². The number of hydrogen-bond donors (Lipinski definition) is 0. The Morgan fingerprint density at radius 2 is 2.00 bits per heavy atom. The molecular formula is C15H22N4OS. The number of carbonyl (C=O) groups excluding carboxylic acids is 1. The van der Waals surface area contributed by atoms with Crippen LogP contribution in [0.4, 0.5) is 0 Å². The highest BCUT2D eigenvalue weighted by molar-refractivity contribution is 7.99. The summed E-state index contributed by atoms with van der Waals surface area (Å²) in [6.07, 6.45) is 8.38. The first-order chi connectivity index (χ1) is 10.3. The average molecular weight is 306 g/mol. The summed E-state index contributed by atoms with van der Waals surface area (Å²) < 4.78 is 0. The first kappa shape index (κ1) is 14.8. The second kappa shape index (κ2) is 7.22. The van der Waals surface area contributed by atoms with E-state index in [0.29, 0.717) is 5.69 Å². The maximum absolute atomic E-state index is 12.4. The minimum Gasteiger partial charge on any atom is -0.336 e. The quantitative estimate of drug-likeness (QED) is 0.829. The molecule has 1 aromatic heterocycles. The summed E-state index contributed by atoms with van der Waals surface area (Å²) in [6, 6.07) is 0.720. The van der Waals surface area contributed by atoms with Crippen molar-refractivity contribution >= 4 is 17.7 Å². The molecule has 2 aliphatic rings. The molecule has 2 aliphatic heterocycles. The molecule has 1 aromatic rings. The molecule has 21 heavy (non-hydrogen) atoms. The Hall–Kier alpha value is -1.14. The van der Waals surface area contributed by atoms with Crippen molar-refractivity contribution in [2.75, 3.05) is 37.7 Å². The molecule has 0 spiro atoms. The van der Waals surface area contributed by atoms with Gasteiger partial charge in [0.05, 0.1) is 6.20 Å². The highest BCUT2D eigenvalue weighted by atomic mass is 32.2. The van der Waals surface area contributed by atoms with Gasteiger partial charge in [0, 0.05) is 44.6 Å². The maximum atomic E-state index is 12.4. The molecule has 0 aromatic carbocycles. The van der Waals surface area contributed by atoms with Crippen LogP contribution in [0.1, 0.15) is 29.8 Å². The lowest BCUT2D eigenvalue weighted by molar-refractivity contribution is 0.0751. The van der Waals surface area contributed by atoms with Crippen molar-refractivity contribution in [3.8, 4) is 0 Å². The SMILES string of the molecule is O=C(c1cnccn1)N1CCCN(C2CCSCC2)CC1. The number of amides is 1. The van der Waals surface area contributed by atoms with Crippen LogP contribution < -0.4 is 0 Å².